The Balaban J connectivity index is 1.58. The summed E-state index contributed by atoms with van der Waals surface area (Å²) < 4.78 is 11.7. The summed E-state index contributed by atoms with van der Waals surface area (Å²) >= 11 is 0. The Kier molecular flexibility index (Phi) is 5.38. The molecule has 0 bridgehead atoms. The van der Waals surface area contributed by atoms with Crippen LogP contribution in [0, 0.1) is 0 Å². The molecule has 1 aromatic heterocycles. The molecule has 132 valence electrons. The van der Waals surface area contributed by atoms with Crippen LogP contribution in [0.25, 0.3) is 0 Å². The van der Waals surface area contributed by atoms with Crippen molar-refractivity contribution in [3.63, 3.8) is 0 Å². The molecule has 3 rings (SSSR count). The van der Waals surface area contributed by atoms with Crippen molar-refractivity contribution in [2.45, 2.75) is 26.0 Å². The number of hydrogen-bond acceptors (Lipinski definition) is 4. The summed E-state index contributed by atoms with van der Waals surface area (Å²) in [5, 5.41) is 3.01. The zero-order valence-corrected chi connectivity index (χ0v) is 14.5. The summed E-state index contributed by atoms with van der Waals surface area (Å²) in [5.41, 5.74) is 0.970. The molecule has 1 aliphatic rings. The Morgan fingerprint density at radius 2 is 2.12 bits per heavy atom. The zero-order valence-electron chi connectivity index (χ0n) is 14.5. The number of para-hydroxylation sites is 2. The van der Waals surface area contributed by atoms with Gasteiger partial charge in [-0.05, 0) is 37.6 Å². The van der Waals surface area contributed by atoms with E-state index in [9.17, 15) is 4.79 Å². The number of fused-ring (bicyclic) bond motifs is 1. The molecule has 0 saturated heterocycles. The number of benzene rings is 1. The lowest BCUT2D eigenvalue weighted by molar-refractivity contribution is 0.0672. The molecule has 2 heterocycles. The SMILES string of the molecule is CCN(C[C@H]1COc2ccccc2O1)C(=O)N[C@H](C)c1cccnc1. The van der Waals surface area contributed by atoms with Crippen LogP contribution in [0.4, 0.5) is 4.79 Å². The topological polar surface area (TPSA) is 63.7 Å². The molecule has 1 N–H and O–H groups in total. The van der Waals surface area contributed by atoms with Gasteiger partial charge in [0, 0.05) is 18.9 Å². The van der Waals surface area contributed by atoms with Gasteiger partial charge in [0.05, 0.1) is 12.6 Å². The fourth-order valence-electron chi connectivity index (χ4n) is 2.75. The minimum absolute atomic E-state index is 0.112. The fourth-order valence-corrected chi connectivity index (χ4v) is 2.75. The van der Waals surface area contributed by atoms with Crippen molar-refractivity contribution in [1.29, 1.82) is 0 Å². The van der Waals surface area contributed by atoms with Gasteiger partial charge in [-0.2, -0.15) is 0 Å². The van der Waals surface area contributed by atoms with Crippen molar-refractivity contribution >= 4 is 6.03 Å². The number of amides is 2. The first-order valence-electron chi connectivity index (χ1n) is 8.51. The Morgan fingerprint density at radius 1 is 1.32 bits per heavy atom. The van der Waals surface area contributed by atoms with Gasteiger partial charge in [-0.1, -0.05) is 18.2 Å². The van der Waals surface area contributed by atoms with Gasteiger partial charge in [-0.25, -0.2) is 4.79 Å². The molecule has 25 heavy (non-hydrogen) atoms. The van der Waals surface area contributed by atoms with Gasteiger partial charge in [0.2, 0.25) is 0 Å². The van der Waals surface area contributed by atoms with Crippen LogP contribution in [0.1, 0.15) is 25.5 Å². The van der Waals surface area contributed by atoms with Crippen molar-refractivity contribution < 1.29 is 14.3 Å². The van der Waals surface area contributed by atoms with E-state index in [0.717, 1.165) is 17.1 Å². The van der Waals surface area contributed by atoms with Gasteiger partial charge in [0.25, 0.3) is 0 Å². The second kappa shape index (κ2) is 7.88. The van der Waals surface area contributed by atoms with Crippen molar-refractivity contribution in [2.75, 3.05) is 19.7 Å². The molecule has 2 aromatic rings. The molecule has 0 fully saturated rings. The first-order chi connectivity index (χ1) is 12.2. The number of pyridine rings is 1. The molecule has 1 aliphatic heterocycles. The van der Waals surface area contributed by atoms with E-state index in [1.54, 1.807) is 17.3 Å². The molecule has 0 aliphatic carbocycles. The monoisotopic (exact) mass is 341 g/mol. The number of nitrogens with zero attached hydrogens (tertiary/aromatic N) is 2. The van der Waals surface area contributed by atoms with Crippen LogP contribution in [-0.4, -0.2) is 41.7 Å². The molecule has 2 atom stereocenters. The Labute approximate surface area is 147 Å². The van der Waals surface area contributed by atoms with Gasteiger partial charge in [0.1, 0.15) is 6.61 Å². The molecule has 0 spiro atoms. The summed E-state index contributed by atoms with van der Waals surface area (Å²) in [6, 6.07) is 11.1. The predicted molar refractivity (Wildman–Crippen MR) is 94.8 cm³/mol. The van der Waals surface area contributed by atoms with Crippen LogP contribution in [0.3, 0.4) is 0 Å². The summed E-state index contributed by atoms with van der Waals surface area (Å²) in [6.45, 7) is 5.38. The first-order valence-corrected chi connectivity index (χ1v) is 8.51. The van der Waals surface area contributed by atoms with Crippen molar-refractivity contribution in [1.82, 2.24) is 15.2 Å². The number of hydrogen-bond donors (Lipinski definition) is 1. The predicted octanol–water partition coefficient (Wildman–Crippen LogP) is 3.01. The van der Waals surface area contributed by atoms with E-state index in [0.29, 0.717) is 19.7 Å². The highest BCUT2D eigenvalue weighted by molar-refractivity contribution is 5.74. The summed E-state index contributed by atoms with van der Waals surface area (Å²) in [5.74, 6) is 1.47. The van der Waals surface area contributed by atoms with E-state index in [4.69, 9.17) is 9.47 Å². The highest BCUT2D eigenvalue weighted by Gasteiger charge is 2.25. The van der Waals surface area contributed by atoms with Crippen LogP contribution in [0.5, 0.6) is 11.5 Å². The van der Waals surface area contributed by atoms with E-state index in [-0.39, 0.29) is 18.2 Å². The summed E-state index contributed by atoms with van der Waals surface area (Å²) in [4.78, 5) is 18.4. The van der Waals surface area contributed by atoms with Crippen molar-refractivity contribution in [2.24, 2.45) is 0 Å². The Bertz CT molecular complexity index is 708. The number of ether oxygens (including phenoxy) is 2. The highest BCUT2D eigenvalue weighted by atomic mass is 16.6. The molecular formula is C19H23N3O3. The first kappa shape index (κ1) is 17.1. The van der Waals surface area contributed by atoms with Gasteiger partial charge in [-0.3, -0.25) is 4.98 Å². The fraction of sp³-hybridized carbons (Fsp3) is 0.368. The largest absolute Gasteiger partial charge is 0.486 e. The van der Waals surface area contributed by atoms with Crippen molar-refractivity contribution in [3.8, 4) is 11.5 Å². The van der Waals surface area contributed by atoms with Gasteiger partial charge >= 0.3 is 6.03 Å². The molecule has 6 heteroatoms. The molecule has 1 aromatic carbocycles. The lowest BCUT2D eigenvalue weighted by Crippen LogP contribution is -2.47. The van der Waals surface area contributed by atoms with Crippen LogP contribution in [0.2, 0.25) is 0 Å². The maximum atomic E-state index is 12.6. The van der Waals surface area contributed by atoms with Gasteiger partial charge < -0.3 is 19.7 Å². The number of likely N-dealkylation sites (N-methyl/N-ethyl adjacent to an activating group) is 1. The maximum Gasteiger partial charge on any atom is 0.317 e. The van der Waals surface area contributed by atoms with Gasteiger partial charge in [0.15, 0.2) is 17.6 Å². The third-order valence-corrected chi connectivity index (χ3v) is 4.18. The summed E-state index contributed by atoms with van der Waals surface area (Å²) in [7, 11) is 0. The maximum absolute atomic E-state index is 12.6. The smallest absolute Gasteiger partial charge is 0.317 e. The molecule has 6 nitrogen and oxygen atoms in total. The molecule has 0 unspecified atom stereocenters. The average molecular weight is 341 g/mol. The van der Waals surface area contributed by atoms with E-state index in [1.165, 1.54) is 0 Å². The van der Waals surface area contributed by atoms with E-state index < -0.39 is 0 Å². The highest BCUT2D eigenvalue weighted by Crippen LogP contribution is 2.31. The lowest BCUT2D eigenvalue weighted by Gasteiger charge is -2.31. The minimum Gasteiger partial charge on any atom is -0.486 e. The van der Waals surface area contributed by atoms with Gasteiger partial charge in [-0.15, -0.1) is 0 Å². The Morgan fingerprint density at radius 3 is 2.84 bits per heavy atom. The number of rotatable bonds is 5. The zero-order chi connectivity index (χ0) is 17.6. The van der Waals surface area contributed by atoms with Crippen molar-refractivity contribution in [3.05, 3.63) is 54.4 Å². The molecule has 0 radical (unpaired) electrons. The third-order valence-electron chi connectivity index (χ3n) is 4.18. The summed E-state index contributed by atoms with van der Waals surface area (Å²) in [6.07, 6.45) is 3.29. The van der Waals surface area contributed by atoms with Crippen LogP contribution >= 0.6 is 0 Å². The Hall–Kier alpha value is -2.76. The number of aromatic nitrogens is 1. The third kappa shape index (κ3) is 4.21. The number of nitrogens with one attached hydrogen (secondary N) is 1. The average Bonchev–Trinajstić information content (AvgIpc) is 2.66. The van der Waals surface area contributed by atoms with Crippen LogP contribution < -0.4 is 14.8 Å². The standard InChI is InChI=1S/C19H23N3O3/c1-3-22(19(23)21-14(2)15-7-6-10-20-11-15)12-16-13-24-17-8-4-5-9-18(17)25-16/h4-11,14,16H,3,12-13H2,1-2H3,(H,21,23)/t14-,16+/m1/s1. The second-order valence-corrected chi connectivity index (χ2v) is 5.99. The lowest BCUT2D eigenvalue weighted by atomic mass is 10.1. The molecule has 0 saturated carbocycles. The van der Waals surface area contributed by atoms with E-state index in [2.05, 4.69) is 10.3 Å². The van der Waals surface area contributed by atoms with E-state index in [1.807, 2.05) is 50.2 Å². The van der Waals surface area contributed by atoms with E-state index >= 15 is 0 Å². The van der Waals surface area contributed by atoms with Crippen LogP contribution in [-0.2, 0) is 0 Å². The second-order valence-electron chi connectivity index (χ2n) is 5.99. The molecule has 2 amide bonds. The number of urea groups is 1. The molecular weight excluding hydrogens is 318 g/mol. The normalized spacial score (nSPS) is 16.8. The number of carbonyl (C=O) groups excluding carboxylic acids is 1. The number of carbonyl (C=O) groups is 1. The quantitative estimate of drug-likeness (QED) is 0.908. The minimum atomic E-state index is -0.186. The van der Waals surface area contributed by atoms with Crippen LogP contribution in [0.15, 0.2) is 48.8 Å².